The predicted molar refractivity (Wildman–Crippen MR) is 74.5 cm³/mol. The molecule has 0 bridgehead atoms. The van der Waals surface area contributed by atoms with Crippen molar-refractivity contribution in [3.05, 3.63) is 42.5 Å². The Bertz CT molecular complexity index is 370. The number of carbonyl (C=O) groups excluding carboxylic acids is 1. The number of carbonyl (C=O) groups is 1. The zero-order valence-electron chi connectivity index (χ0n) is 10.4. The second kappa shape index (κ2) is 7.17. The van der Waals surface area contributed by atoms with E-state index in [0.717, 1.165) is 4.90 Å². The van der Waals surface area contributed by atoms with Crippen LogP contribution in [-0.2, 0) is 4.79 Å². The van der Waals surface area contributed by atoms with Crippen molar-refractivity contribution in [3.63, 3.8) is 0 Å². The highest BCUT2D eigenvalue weighted by atomic mass is 32.2. The maximum Gasteiger partial charge on any atom is 0.230 e. The molecule has 1 rings (SSSR count). The molecule has 0 saturated heterocycles. The van der Waals surface area contributed by atoms with Crippen LogP contribution in [0.1, 0.15) is 25.3 Å². The highest BCUT2D eigenvalue weighted by molar-refractivity contribution is 8.00. The van der Waals surface area contributed by atoms with Crippen molar-refractivity contribution >= 4 is 17.7 Å². The summed E-state index contributed by atoms with van der Waals surface area (Å²) in [5.74, 6) is 1.04. The molecule has 3 heteroatoms. The summed E-state index contributed by atoms with van der Waals surface area (Å²) in [5, 5.41) is 2.75. The number of amides is 1. The molecule has 0 atom stereocenters. The zero-order chi connectivity index (χ0) is 12.7. The Morgan fingerprint density at radius 1 is 1.41 bits per heavy atom. The molecule has 17 heavy (non-hydrogen) atoms. The van der Waals surface area contributed by atoms with E-state index in [1.165, 1.54) is 5.56 Å². The normalized spacial score (nSPS) is 10.3. The summed E-state index contributed by atoms with van der Waals surface area (Å²) < 4.78 is 0. The molecule has 0 aliphatic carbocycles. The molecule has 1 aromatic carbocycles. The van der Waals surface area contributed by atoms with E-state index in [-0.39, 0.29) is 5.91 Å². The molecule has 0 radical (unpaired) electrons. The monoisotopic (exact) mass is 249 g/mol. The lowest BCUT2D eigenvalue weighted by molar-refractivity contribution is -0.118. The fourth-order valence-electron chi connectivity index (χ4n) is 1.33. The Morgan fingerprint density at radius 2 is 2.06 bits per heavy atom. The summed E-state index contributed by atoms with van der Waals surface area (Å²) in [4.78, 5) is 12.5. The molecule has 0 unspecified atom stereocenters. The molecule has 2 nitrogen and oxygen atoms in total. The first-order valence-corrected chi connectivity index (χ1v) is 6.72. The van der Waals surface area contributed by atoms with Crippen LogP contribution in [0.4, 0.5) is 0 Å². The van der Waals surface area contributed by atoms with Gasteiger partial charge in [-0.1, -0.05) is 32.1 Å². The molecule has 0 aromatic heterocycles. The van der Waals surface area contributed by atoms with Crippen molar-refractivity contribution in [1.82, 2.24) is 5.32 Å². The van der Waals surface area contributed by atoms with Crippen LogP contribution in [0.2, 0.25) is 0 Å². The van der Waals surface area contributed by atoms with Crippen LogP contribution >= 0.6 is 11.8 Å². The summed E-state index contributed by atoms with van der Waals surface area (Å²) >= 11 is 1.55. The lowest BCUT2D eigenvalue weighted by Crippen LogP contribution is -2.24. The van der Waals surface area contributed by atoms with Crippen molar-refractivity contribution in [2.75, 3.05) is 12.3 Å². The molecule has 92 valence electrons. The average Bonchev–Trinajstić information content (AvgIpc) is 2.34. The summed E-state index contributed by atoms with van der Waals surface area (Å²) in [6.07, 6.45) is 1.68. The highest BCUT2D eigenvalue weighted by Gasteiger charge is 2.02. The van der Waals surface area contributed by atoms with Crippen LogP contribution in [-0.4, -0.2) is 18.2 Å². The third-order valence-electron chi connectivity index (χ3n) is 2.36. The van der Waals surface area contributed by atoms with Crippen molar-refractivity contribution in [2.45, 2.75) is 24.7 Å². The van der Waals surface area contributed by atoms with Crippen LogP contribution < -0.4 is 5.32 Å². The lowest BCUT2D eigenvalue weighted by atomic mass is 10.0. The molecule has 0 heterocycles. The van der Waals surface area contributed by atoms with Gasteiger partial charge in [0.25, 0.3) is 0 Å². The smallest absolute Gasteiger partial charge is 0.230 e. The fourth-order valence-corrected chi connectivity index (χ4v) is 2.06. The van der Waals surface area contributed by atoms with Crippen LogP contribution in [0.5, 0.6) is 0 Å². The molecule has 0 aliphatic heterocycles. The van der Waals surface area contributed by atoms with E-state index in [9.17, 15) is 4.79 Å². The van der Waals surface area contributed by atoms with Gasteiger partial charge in [-0.3, -0.25) is 4.79 Å². The SMILES string of the molecule is C=CCNC(=O)CSc1ccc(C(C)C)cc1. The minimum Gasteiger partial charge on any atom is -0.352 e. The number of rotatable bonds is 6. The van der Waals surface area contributed by atoms with E-state index in [0.29, 0.717) is 18.2 Å². The highest BCUT2D eigenvalue weighted by Crippen LogP contribution is 2.21. The van der Waals surface area contributed by atoms with E-state index in [1.54, 1.807) is 17.8 Å². The molecule has 0 fully saturated rings. The molecular weight excluding hydrogens is 230 g/mol. The van der Waals surface area contributed by atoms with Gasteiger partial charge in [0.05, 0.1) is 5.75 Å². The number of hydrogen-bond donors (Lipinski definition) is 1. The summed E-state index contributed by atoms with van der Waals surface area (Å²) in [6, 6.07) is 8.38. The van der Waals surface area contributed by atoms with Gasteiger partial charge in [0, 0.05) is 11.4 Å². The summed E-state index contributed by atoms with van der Waals surface area (Å²) in [7, 11) is 0. The van der Waals surface area contributed by atoms with Crippen molar-refractivity contribution in [2.24, 2.45) is 0 Å². The van der Waals surface area contributed by atoms with E-state index < -0.39 is 0 Å². The van der Waals surface area contributed by atoms with E-state index >= 15 is 0 Å². The predicted octanol–water partition coefficient (Wildman–Crippen LogP) is 3.20. The van der Waals surface area contributed by atoms with Gasteiger partial charge in [0.15, 0.2) is 0 Å². The van der Waals surface area contributed by atoms with Crippen LogP contribution in [0, 0.1) is 0 Å². The molecule has 0 aliphatic rings. The summed E-state index contributed by atoms with van der Waals surface area (Å²) in [6.45, 7) is 8.43. The first-order valence-electron chi connectivity index (χ1n) is 5.74. The maximum atomic E-state index is 11.4. The van der Waals surface area contributed by atoms with Gasteiger partial charge in [-0.25, -0.2) is 0 Å². The molecule has 1 amide bonds. The quantitative estimate of drug-likeness (QED) is 0.619. The first kappa shape index (κ1) is 13.8. The summed E-state index contributed by atoms with van der Waals surface area (Å²) in [5.41, 5.74) is 1.32. The third kappa shape index (κ3) is 5.09. The second-order valence-corrected chi connectivity index (χ2v) is 5.15. The van der Waals surface area contributed by atoms with Gasteiger partial charge >= 0.3 is 0 Å². The number of hydrogen-bond acceptors (Lipinski definition) is 2. The number of thioether (sulfide) groups is 1. The minimum atomic E-state index is 0.0443. The van der Waals surface area contributed by atoms with Gasteiger partial charge < -0.3 is 5.32 Å². The fraction of sp³-hybridized carbons (Fsp3) is 0.357. The van der Waals surface area contributed by atoms with Crippen molar-refractivity contribution in [3.8, 4) is 0 Å². The van der Waals surface area contributed by atoms with Gasteiger partial charge in [0.2, 0.25) is 5.91 Å². The van der Waals surface area contributed by atoms with Gasteiger partial charge in [0.1, 0.15) is 0 Å². The molecule has 0 saturated carbocycles. The maximum absolute atomic E-state index is 11.4. The largest absolute Gasteiger partial charge is 0.352 e. The van der Waals surface area contributed by atoms with Gasteiger partial charge in [-0.05, 0) is 23.6 Å². The third-order valence-corrected chi connectivity index (χ3v) is 3.37. The van der Waals surface area contributed by atoms with E-state index in [1.807, 2.05) is 0 Å². The van der Waals surface area contributed by atoms with E-state index in [2.05, 4.69) is 50.0 Å². The average molecular weight is 249 g/mol. The zero-order valence-corrected chi connectivity index (χ0v) is 11.2. The number of benzene rings is 1. The van der Waals surface area contributed by atoms with Gasteiger partial charge in [-0.15, -0.1) is 18.3 Å². The Kier molecular flexibility index (Phi) is 5.84. The lowest BCUT2D eigenvalue weighted by Gasteiger charge is -2.06. The Hall–Kier alpha value is -1.22. The van der Waals surface area contributed by atoms with Crippen LogP contribution in [0.25, 0.3) is 0 Å². The van der Waals surface area contributed by atoms with Crippen LogP contribution in [0.15, 0.2) is 41.8 Å². The van der Waals surface area contributed by atoms with Crippen LogP contribution in [0.3, 0.4) is 0 Å². The van der Waals surface area contributed by atoms with Crippen molar-refractivity contribution < 1.29 is 4.79 Å². The van der Waals surface area contributed by atoms with E-state index in [4.69, 9.17) is 0 Å². The first-order chi connectivity index (χ1) is 8.13. The molecule has 0 spiro atoms. The topological polar surface area (TPSA) is 29.1 Å². The van der Waals surface area contributed by atoms with Crippen molar-refractivity contribution in [1.29, 1.82) is 0 Å². The molecule has 1 aromatic rings. The number of nitrogens with one attached hydrogen (secondary N) is 1. The molecule has 1 N–H and O–H groups in total. The Balaban J connectivity index is 2.41. The Labute approximate surface area is 107 Å². The second-order valence-electron chi connectivity index (χ2n) is 4.11. The Morgan fingerprint density at radius 3 is 2.59 bits per heavy atom. The van der Waals surface area contributed by atoms with Gasteiger partial charge in [-0.2, -0.15) is 0 Å². The minimum absolute atomic E-state index is 0.0443. The molecular formula is C14H19NOS. The standard InChI is InChI=1S/C14H19NOS/c1-4-9-15-14(16)10-17-13-7-5-12(6-8-13)11(2)3/h4-8,11H,1,9-10H2,2-3H3,(H,15,16).